The van der Waals surface area contributed by atoms with Crippen LogP contribution in [0.2, 0.25) is 0 Å². The molecule has 0 radical (unpaired) electrons. The molecule has 0 aliphatic carbocycles. The van der Waals surface area contributed by atoms with Crippen LogP contribution in [0.5, 0.6) is 0 Å². The van der Waals surface area contributed by atoms with Crippen molar-refractivity contribution in [3.63, 3.8) is 0 Å². The highest BCUT2D eigenvalue weighted by molar-refractivity contribution is 7.20. The number of hydrogen-bond donors (Lipinski definition) is 1. The minimum atomic E-state index is -0.903. The van der Waals surface area contributed by atoms with Crippen LogP contribution >= 0.6 is 22.7 Å². The Hall–Kier alpha value is -2.25. The van der Waals surface area contributed by atoms with E-state index in [4.69, 9.17) is 4.74 Å². The summed E-state index contributed by atoms with van der Waals surface area (Å²) in [4.78, 5) is 25.5. The first kappa shape index (κ1) is 16.6. The van der Waals surface area contributed by atoms with Gasteiger partial charge in [0.15, 0.2) is 6.10 Å². The van der Waals surface area contributed by atoms with Gasteiger partial charge in [0.25, 0.3) is 5.91 Å². The Kier molecular flexibility index (Phi) is 4.92. The van der Waals surface area contributed by atoms with Crippen LogP contribution in [0.25, 0.3) is 10.1 Å². The Morgan fingerprint density at radius 3 is 2.88 bits per heavy atom. The van der Waals surface area contributed by atoms with E-state index in [2.05, 4.69) is 5.32 Å². The first-order valence-electron chi connectivity index (χ1n) is 7.23. The molecule has 3 rings (SSSR count). The second kappa shape index (κ2) is 7.11. The number of ether oxygens (including phenoxy) is 1. The molecule has 0 fully saturated rings. The zero-order valence-corrected chi connectivity index (χ0v) is 14.4. The summed E-state index contributed by atoms with van der Waals surface area (Å²) in [6, 6.07) is 9.71. The summed E-state index contributed by atoms with van der Waals surface area (Å²) in [5.41, 5.74) is 0. The third kappa shape index (κ3) is 3.80. The third-order valence-electron chi connectivity index (χ3n) is 3.35. The zero-order chi connectivity index (χ0) is 17.1. The maximum absolute atomic E-state index is 13.2. The number of hydrogen-bond acceptors (Lipinski definition) is 5. The monoisotopic (exact) mass is 363 g/mol. The fraction of sp³-hybridized carbons (Fsp3) is 0.176. The van der Waals surface area contributed by atoms with Crippen molar-refractivity contribution in [1.29, 1.82) is 0 Å². The van der Waals surface area contributed by atoms with Crippen LogP contribution in [-0.2, 0) is 16.1 Å². The maximum Gasteiger partial charge on any atom is 0.349 e. The number of carbonyl (C=O) groups excluding carboxylic acids is 2. The first-order chi connectivity index (χ1) is 11.5. The molecule has 0 saturated carbocycles. The molecule has 1 atom stereocenters. The normalized spacial score (nSPS) is 12.1. The van der Waals surface area contributed by atoms with E-state index < -0.39 is 12.1 Å². The van der Waals surface area contributed by atoms with Crippen LogP contribution in [0.1, 0.15) is 21.5 Å². The van der Waals surface area contributed by atoms with Crippen LogP contribution in [0, 0.1) is 5.82 Å². The van der Waals surface area contributed by atoms with Gasteiger partial charge in [0.1, 0.15) is 10.7 Å². The number of amides is 1. The summed E-state index contributed by atoms with van der Waals surface area (Å²) >= 11 is 2.75. The van der Waals surface area contributed by atoms with Gasteiger partial charge in [-0.05, 0) is 48.0 Å². The van der Waals surface area contributed by atoms with Crippen molar-refractivity contribution in [2.24, 2.45) is 0 Å². The Labute approximate surface area is 145 Å². The van der Waals surface area contributed by atoms with E-state index in [0.29, 0.717) is 16.8 Å². The van der Waals surface area contributed by atoms with Gasteiger partial charge in [-0.15, -0.1) is 22.7 Å². The summed E-state index contributed by atoms with van der Waals surface area (Å²) in [6.45, 7) is 1.93. The lowest BCUT2D eigenvalue weighted by atomic mass is 10.2. The van der Waals surface area contributed by atoms with Gasteiger partial charge in [0.05, 0.1) is 6.54 Å². The fourth-order valence-electron chi connectivity index (χ4n) is 2.12. The SMILES string of the molecule is C[C@H](OC(=O)c1cc2cc(F)ccc2s1)C(=O)NCc1cccs1. The number of carbonyl (C=O) groups is 2. The lowest BCUT2D eigenvalue weighted by Crippen LogP contribution is -2.35. The molecule has 3 aromatic rings. The number of esters is 1. The van der Waals surface area contributed by atoms with Gasteiger partial charge in [-0.25, -0.2) is 9.18 Å². The largest absolute Gasteiger partial charge is 0.448 e. The van der Waals surface area contributed by atoms with Crippen LogP contribution in [0.4, 0.5) is 4.39 Å². The van der Waals surface area contributed by atoms with Gasteiger partial charge in [-0.1, -0.05) is 6.07 Å². The molecule has 0 spiro atoms. The van der Waals surface area contributed by atoms with Crippen LogP contribution < -0.4 is 5.32 Å². The molecule has 0 aliphatic rings. The van der Waals surface area contributed by atoms with E-state index >= 15 is 0 Å². The molecule has 2 aromatic heterocycles. The molecule has 0 aliphatic heterocycles. The molecule has 1 aromatic carbocycles. The minimum Gasteiger partial charge on any atom is -0.448 e. The van der Waals surface area contributed by atoms with Gasteiger partial charge in [0.2, 0.25) is 0 Å². The average Bonchev–Trinajstić information content (AvgIpc) is 3.21. The number of benzene rings is 1. The van der Waals surface area contributed by atoms with Crippen molar-refractivity contribution in [2.75, 3.05) is 0 Å². The van der Waals surface area contributed by atoms with Crippen molar-refractivity contribution >= 4 is 44.6 Å². The van der Waals surface area contributed by atoms with E-state index in [-0.39, 0.29) is 11.7 Å². The Morgan fingerprint density at radius 2 is 2.12 bits per heavy atom. The summed E-state index contributed by atoms with van der Waals surface area (Å²) in [7, 11) is 0. The molecule has 7 heteroatoms. The lowest BCUT2D eigenvalue weighted by molar-refractivity contribution is -0.129. The molecule has 1 N–H and O–H groups in total. The van der Waals surface area contributed by atoms with Gasteiger partial charge in [-0.2, -0.15) is 0 Å². The molecule has 4 nitrogen and oxygen atoms in total. The van der Waals surface area contributed by atoms with Crippen molar-refractivity contribution in [2.45, 2.75) is 19.6 Å². The van der Waals surface area contributed by atoms with E-state index in [1.807, 2.05) is 17.5 Å². The smallest absolute Gasteiger partial charge is 0.349 e. The standard InChI is InChI=1S/C17H14FNO3S2/c1-10(16(20)19-9-13-3-2-6-23-13)22-17(21)15-8-11-7-12(18)4-5-14(11)24-15/h2-8,10H,9H2,1H3,(H,19,20)/t10-/m0/s1. The highest BCUT2D eigenvalue weighted by atomic mass is 32.1. The number of halogens is 1. The Balaban J connectivity index is 1.61. The predicted octanol–water partition coefficient (Wildman–Crippen LogP) is 3.96. The van der Waals surface area contributed by atoms with Crippen molar-refractivity contribution in [3.05, 3.63) is 57.3 Å². The lowest BCUT2D eigenvalue weighted by Gasteiger charge is -2.12. The highest BCUT2D eigenvalue weighted by Crippen LogP contribution is 2.27. The zero-order valence-electron chi connectivity index (χ0n) is 12.7. The molecule has 0 unspecified atom stereocenters. The molecular weight excluding hydrogens is 349 g/mol. The molecule has 1 amide bonds. The van der Waals surface area contributed by atoms with Crippen LogP contribution in [0.15, 0.2) is 41.8 Å². The minimum absolute atomic E-state index is 0.341. The fourth-order valence-corrected chi connectivity index (χ4v) is 3.69. The second-order valence-corrected chi connectivity index (χ2v) is 7.25. The summed E-state index contributed by atoms with van der Waals surface area (Å²) in [6.07, 6.45) is -0.903. The quantitative estimate of drug-likeness (QED) is 0.698. The number of nitrogens with one attached hydrogen (secondary N) is 1. The van der Waals surface area contributed by atoms with E-state index in [9.17, 15) is 14.0 Å². The molecule has 24 heavy (non-hydrogen) atoms. The Bertz CT molecular complexity index is 873. The summed E-state index contributed by atoms with van der Waals surface area (Å²) in [5.74, 6) is -1.30. The molecule has 0 saturated heterocycles. The van der Waals surface area contributed by atoms with E-state index in [0.717, 1.165) is 9.58 Å². The second-order valence-electron chi connectivity index (χ2n) is 5.14. The number of fused-ring (bicyclic) bond motifs is 1. The topological polar surface area (TPSA) is 55.4 Å². The maximum atomic E-state index is 13.2. The first-order valence-corrected chi connectivity index (χ1v) is 8.93. The summed E-state index contributed by atoms with van der Waals surface area (Å²) < 4.78 is 19.2. The predicted molar refractivity (Wildman–Crippen MR) is 92.8 cm³/mol. The van der Waals surface area contributed by atoms with Crippen molar-refractivity contribution < 1.29 is 18.7 Å². The Morgan fingerprint density at radius 1 is 1.29 bits per heavy atom. The summed E-state index contributed by atoms with van der Waals surface area (Å²) in [5, 5.41) is 5.29. The average molecular weight is 363 g/mol. The van der Waals surface area contributed by atoms with Crippen LogP contribution in [-0.4, -0.2) is 18.0 Å². The third-order valence-corrected chi connectivity index (χ3v) is 5.32. The number of rotatable bonds is 5. The van der Waals surface area contributed by atoms with Gasteiger partial charge >= 0.3 is 5.97 Å². The molecular formula is C17H14FNO3S2. The molecule has 2 heterocycles. The van der Waals surface area contributed by atoms with Gasteiger partial charge < -0.3 is 10.1 Å². The number of thiophene rings is 2. The van der Waals surface area contributed by atoms with E-state index in [1.54, 1.807) is 12.1 Å². The van der Waals surface area contributed by atoms with Crippen molar-refractivity contribution in [3.8, 4) is 0 Å². The van der Waals surface area contributed by atoms with Gasteiger partial charge in [-0.3, -0.25) is 4.79 Å². The van der Waals surface area contributed by atoms with Crippen molar-refractivity contribution in [1.82, 2.24) is 5.32 Å². The van der Waals surface area contributed by atoms with Gasteiger partial charge in [0, 0.05) is 9.58 Å². The highest BCUT2D eigenvalue weighted by Gasteiger charge is 2.20. The molecule has 0 bridgehead atoms. The van der Waals surface area contributed by atoms with E-state index in [1.165, 1.54) is 41.7 Å². The molecule has 124 valence electrons. The van der Waals surface area contributed by atoms with Crippen LogP contribution in [0.3, 0.4) is 0 Å².